The Balaban J connectivity index is 1.66. The van der Waals surface area contributed by atoms with Gasteiger partial charge in [0.2, 0.25) is 0 Å². The molecule has 10 nitrogen and oxygen atoms in total. The van der Waals surface area contributed by atoms with Crippen LogP contribution < -0.4 is 26.6 Å². The number of hydrazine groups is 2. The highest BCUT2D eigenvalue weighted by Gasteiger charge is 2.25. The van der Waals surface area contributed by atoms with Crippen molar-refractivity contribution in [3.8, 4) is 18.2 Å². The van der Waals surface area contributed by atoms with Crippen molar-refractivity contribution in [2.24, 2.45) is 5.41 Å². The molecule has 10 heteroatoms. The number of hydrogen-bond donors (Lipinski definition) is 4. The first kappa shape index (κ1) is 25.6. The Bertz CT molecular complexity index is 1810. The summed E-state index contributed by atoms with van der Waals surface area (Å²) in [5.74, 6) is 0. The Morgan fingerprint density at radius 1 is 1.02 bits per heavy atom. The van der Waals surface area contributed by atoms with E-state index in [-0.39, 0.29) is 11.0 Å². The minimum atomic E-state index is -1.64. The van der Waals surface area contributed by atoms with Gasteiger partial charge < -0.3 is 16.1 Å². The molecule has 0 saturated carbocycles. The lowest BCUT2D eigenvalue weighted by Gasteiger charge is -2.23. The molecule has 1 atom stereocenters. The molecule has 5 rings (SSSR count). The number of nitrogens with one attached hydrogen (secondary N) is 4. The monoisotopic (exact) mass is 541 g/mol. The van der Waals surface area contributed by atoms with Crippen molar-refractivity contribution in [3.63, 3.8) is 0 Å². The summed E-state index contributed by atoms with van der Waals surface area (Å²) in [7, 11) is 0. The summed E-state index contributed by atoms with van der Waals surface area (Å²) in [6.45, 7) is 6.82. The number of nitrogens with zero attached hydrogens (tertiary/aromatic N) is 6. The van der Waals surface area contributed by atoms with E-state index >= 15 is 0 Å². The fourth-order valence-corrected chi connectivity index (χ4v) is 4.35. The smallest absolute Gasteiger partial charge is 0.103 e. The number of fused-ring (bicyclic) bond motifs is 1. The molecule has 0 fully saturated rings. The van der Waals surface area contributed by atoms with Crippen LogP contribution in [0.5, 0.6) is 0 Å². The average Bonchev–Trinajstić information content (AvgIpc) is 3.50. The highest BCUT2D eigenvalue weighted by atomic mass is 15.7. The summed E-state index contributed by atoms with van der Waals surface area (Å²) < 4.78 is 9.75. The molecule has 202 valence electrons. The number of rotatable bonds is 7. The third kappa shape index (κ3) is 5.86. The van der Waals surface area contributed by atoms with Crippen LogP contribution >= 0.6 is 0 Å². The summed E-state index contributed by atoms with van der Waals surface area (Å²) in [4.78, 5) is 8.59. The van der Waals surface area contributed by atoms with Gasteiger partial charge in [0.1, 0.15) is 12.1 Å². The van der Waals surface area contributed by atoms with Gasteiger partial charge in [-0.1, -0.05) is 32.9 Å². The summed E-state index contributed by atoms with van der Waals surface area (Å²) in [6, 6.07) is 18.8. The number of nitriles is 3. The maximum absolute atomic E-state index is 10.1. The molecule has 0 unspecified atom stereocenters. The van der Waals surface area contributed by atoms with E-state index in [1.54, 1.807) is 66.1 Å². The third-order valence-electron chi connectivity index (χ3n) is 6.32. The van der Waals surface area contributed by atoms with Crippen LogP contribution in [0.3, 0.4) is 0 Å². The Labute approximate surface area is 239 Å². The lowest BCUT2D eigenvalue weighted by molar-refractivity contribution is 0.443. The van der Waals surface area contributed by atoms with Gasteiger partial charge in [-0.05, 0) is 47.4 Å². The number of anilines is 3. The number of pyridine rings is 2. The summed E-state index contributed by atoms with van der Waals surface area (Å²) in [5, 5.41) is 38.4. The van der Waals surface area contributed by atoms with Crippen molar-refractivity contribution in [2.45, 2.75) is 26.8 Å². The molecule has 0 aliphatic carbocycles. The van der Waals surface area contributed by atoms with Crippen molar-refractivity contribution in [1.29, 1.82) is 15.8 Å². The van der Waals surface area contributed by atoms with Crippen LogP contribution in [0.2, 0.25) is 0 Å². The van der Waals surface area contributed by atoms with Gasteiger partial charge in [0, 0.05) is 36.2 Å². The van der Waals surface area contributed by atoms with Crippen LogP contribution in [-0.4, -0.2) is 16.5 Å². The topological polar surface area (TPSA) is 149 Å². The molecule has 41 heavy (non-hydrogen) atoms. The maximum Gasteiger partial charge on any atom is 0.103 e. The first-order valence-corrected chi connectivity index (χ1v) is 12.9. The molecule has 1 aliphatic rings. The maximum atomic E-state index is 10.1. The van der Waals surface area contributed by atoms with E-state index in [4.69, 9.17) is 0 Å². The van der Waals surface area contributed by atoms with E-state index in [0.717, 1.165) is 5.69 Å². The molecule has 4 aromatic rings. The number of hydrogen-bond acceptors (Lipinski definition) is 10. The summed E-state index contributed by atoms with van der Waals surface area (Å²) >= 11 is 0. The third-order valence-corrected chi connectivity index (χ3v) is 6.32. The molecule has 3 heterocycles. The van der Waals surface area contributed by atoms with E-state index in [0.29, 0.717) is 51.2 Å². The first-order valence-electron chi connectivity index (χ1n) is 13.4. The highest BCUT2D eigenvalue weighted by molar-refractivity contribution is 5.99. The van der Waals surface area contributed by atoms with Crippen LogP contribution in [0.1, 0.15) is 50.4 Å². The molecule has 0 amide bonds. The first-order chi connectivity index (χ1) is 20.1. The molecule has 4 N–H and O–H groups in total. The van der Waals surface area contributed by atoms with Crippen LogP contribution in [0.4, 0.5) is 17.1 Å². The van der Waals surface area contributed by atoms with E-state index in [1.165, 1.54) is 6.20 Å². The second kappa shape index (κ2) is 11.2. The molecule has 2 aromatic heterocycles. The fourth-order valence-electron chi connectivity index (χ4n) is 4.35. The lowest BCUT2D eigenvalue weighted by atomic mass is 9.96. The SMILES string of the molecule is [2H][C@](Nc1cc(C#N)c2ncc(C#N)c(NCC(C)(C)C)c2c1)(C1=CN(c2cccnc2)NN1)c1cccc(C#N)c1. The molecule has 1 aliphatic heterocycles. The van der Waals surface area contributed by atoms with Gasteiger partial charge in [-0.15, -0.1) is 5.53 Å². The normalized spacial score (nSPS) is 14.5. The summed E-state index contributed by atoms with van der Waals surface area (Å²) in [6.07, 6.45) is 6.55. The van der Waals surface area contributed by atoms with Crippen molar-refractivity contribution in [1.82, 2.24) is 20.9 Å². The van der Waals surface area contributed by atoms with E-state index in [2.05, 4.69) is 70.5 Å². The van der Waals surface area contributed by atoms with Gasteiger partial charge in [-0.25, -0.2) is 0 Å². The second-order valence-electron chi connectivity index (χ2n) is 10.7. The molecular weight excluding hydrogens is 512 g/mol. The summed E-state index contributed by atoms with van der Waals surface area (Å²) in [5.41, 5.74) is 10.2. The van der Waals surface area contributed by atoms with Gasteiger partial charge in [-0.3, -0.25) is 15.0 Å². The van der Waals surface area contributed by atoms with Gasteiger partial charge in [0.05, 0.1) is 58.9 Å². The Kier molecular flexibility index (Phi) is 7.02. The molecule has 0 spiro atoms. The molecule has 0 saturated heterocycles. The van der Waals surface area contributed by atoms with Crippen molar-refractivity contribution in [2.75, 3.05) is 22.2 Å². The second-order valence-corrected chi connectivity index (χ2v) is 10.7. The Morgan fingerprint density at radius 3 is 2.56 bits per heavy atom. The quantitative estimate of drug-likeness (QED) is 0.245. The zero-order chi connectivity index (χ0) is 29.9. The Hall–Kier alpha value is -5.63. The Morgan fingerprint density at radius 2 is 1.85 bits per heavy atom. The zero-order valence-electron chi connectivity index (χ0n) is 23.8. The van der Waals surface area contributed by atoms with E-state index in [1.807, 2.05) is 6.07 Å². The van der Waals surface area contributed by atoms with Crippen LogP contribution in [0.15, 0.2) is 79.0 Å². The average molecular weight is 542 g/mol. The molecule has 2 aromatic carbocycles. The predicted molar refractivity (Wildman–Crippen MR) is 158 cm³/mol. The largest absolute Gasteiger partial charge is 0.383 e. The van der Waals surface area contributed by atoms with Crippen molar-refractivity contribution < 1.29 is 1.37 Å². The lowest BCUT2D eigenvalue weighted by Crippen LogP contribution is -2.37. The number of aromatic nitrogens is 2. The van der Waals surface area contributed by atoms with Crippen molar-refractivity contribution in [3.05, 3.63) is 101 Å². The van der Waals surface area contributed by atoms with Crippen molar-refractivity contribution >= 4 is 28.0 Å². The zero-order valence-corrected chi connectivity index (χ0v) is 22.8. The molecule has 0 bridgehead atoms. The standard InChI is InChI=1S/C31H28N10/c1-31(2,3)19-37-29-23(15-34)16-36-28-22(14-33)11-24(12-26(28)29)38-30(21-7-4-6-20(10-21)13-32)27-18-41(40-39-27)25-8-5-9-35-17-25/h4-12,16-18,30,38-40H,19H2,1-3H3,(H,36,37)/t30-/m1/s1/i30D. The molecule has 0 radical (unpaired) electrons. The number of benzene rings is 2. The van der Waals surface area contributed by atoms with Gasteiger partial charge >= 0.3 is 0 Å². The van der Waals surface area contributed by atoms with E-state index in [9.17, 15) is 17.2 Å². The molecular formula is C31H28N10. The predicted octanol–water partition coefficient (Wildman–Crippen LogP) is 5.23. The van der Waals surface area contributed by atoms with Crippen LogP contribution in [0.25, 0.3) is 10.9 Å². The van der Waals surface area contributed by atoms with Gasteiger partial charge in [0.25, 0.3) is 0 Å². The van der Waals surface area contributed by atoms with Gasteiger partial charge in [-0.2, -0.15) is 15.8 Å². The minimum absolute atomic E-state index is 0.0773. The highest BCUT2D eigenvalue weighted by Crippen LogP contribution is 2.35. The van der Waals surface area contributed by atoms with Crippen LogP contribution in [0, 0.1) is 39.4 Å². The van der Waals surface area contributed by atoms with E-state index < -0.39 is 6.02 Å². The van der Waals surface area contributed by atoms with Gasteiger partial charge in [0.15, 0.2) is 0 Å². The fraction of sp³-hybridized carbons (Fsp3) is 0.194. The minimum Gasteiger partial charge on any atom is -0.383 e. The van der Waals surface area contributed by atoms with Crippen LogP contribution in [-0.2, 0) is 0 Å².